The van der Waals surface area contributed by atoms with E-state index in [-0.39, 0.29) is 47.5 Å². The molecule has 4 aliphatic rings. The van der Waals surface area contributed by atoms with Gasteiger partial charge < -0.3 is 24.5 Å². The molecule has 3 aliphatic heterocycles. The van der Waals surface area contributed by atoms with Gasteiger partial charge in [-0.05, 0) is 76.1 Å². The van der Waals surface area contributed by atoms with Crippen LogP contribution < -0.4 is 5.32 Å². The number of carboxylic acids is 1. The maximum absolute atomic E-state index is 15.0. The molecule has 4 fully saturated rings. The summed E-state index contributed by atoms with van der Waals surface area (Å²) in [6.45, 7) is 8.65. The smallest absolute Gasteiger partial charge is 0.306 e. The molecule has 1 saturated carbocycles. The molecule has 1 aromatic heterocycles. The van der Waals surface area contributed by atoms with E-state index in [4.69, 9.17) is 32.7 Å². The number of nitrogens with zero attached hydrogens (tertiary/aromatic N) is 4. The summed E-state index contributed by atoms with van der Waals surface area (Å²) in [6, 6.07) is 11.2. The van der Waals surface area contributed by atoms with E-state index in [1.165, 1.54) is 0 Å². The fraction of sp³-hybridized carbons (Fsp3) is 0.564. The van der Waals surface area contributed by atoms with Crippen LogP contribution in [0.15, 0.2) is 42.6 Å². The summed E-state index contributed by atoms with van der Waals surface area (Å²) in [5.74, 6) is -2.93. The summed E-state index contributed by atoms with van der Waals surface area (Å²) in [5.41, 5.74) is 2.36. The number of aromatic nitrogens is 1. The Bertz CT molecular complexity index is 1810. The molecule has 3 saturated heterocycles. The predicted octanol–water partition coefficient (Wildman–Crippen LogP) is 6.05. The van der Waals surface area contributed by atoms with Crippen molar-refractivity contribution in [3.8, 4) is 0 Å². The molecular formula is C39H49Cl2N5O6. The van der Waals surface area contributed by atoms with Gasteiger partial charge in [0.05, 0.1) is 40.5 Å². The molecule has 0 radical (unpaired) electrons. The van der Waals surface area contributed by atoms with Crippen molar-refractivity contribution in [3.05, 3.63) is 63.8 Å². The summed E-state index contributed by atoms with van der Waals surface area (Å²) in [7, 11) is 1.89. The fourth-order valence-corrected chi connectivity index (χ4v) is 9.18. The number of aryl methyl sites for hydroxylation is 1. The molecule has 2 N–H and O–H groups in total. The monoisotopic (exact) mass is 753 g/mol. The Balaban J connectivity index is 1.15. The van der Waals surface area contributed by atoms with Crippen molar-refractivity contribution >= 4 is 57.5 Å². The van der Waals surface area contributed by atoms with Crippen LogP contribution >= 0.6 is 23.2 Å². The molecule has 0 spiro atoms. The van der Waals surface area contributed by atoms with Crippen molar-refractivity contribution in [2.24, 2.45) is 13.0 Å². The number of rotatable bonds is 11. The number of morpholine rings is 1. The Kier molecular flexibility index (Phi) is 11.0. The van der Waals surface area contributed by atoms with Crippen LogP contribution in [0.25, 0.3) is 10.9 Å². The third-order valence-electron chi connectivity index (χ3n) is 11.4. The summed E-state index contributed by atoms with van der Waals surface area (Å²) >= 11 is 13.7. The molecule has 13 heteroatoms. The van der Waals surface area contributed by atoms with Gasteiger partial charge in [-0.2, -0.15) is 0 Å². The highest BCUT2D eigenvalue weighted by atomic mass is 35.5. The van der Waals surface area contributed by atoms with Gasteiger partial charge in [-0.15, -0.1) is 0 Å². The van der Waals surface area contributed by atoms with E-state index < -0.39 is 17.7 Å². The SMILES string of the molecule is C[C@@H]1CN(C2CN(C(O[C@H]3CC[C@H](C(=O)O)CC3)(C(=O)Cc3cc(Cl)c(NC(=O)c4cn(C)c5ccccc45)cc3Cl)N3CCCC3)C2)C[C@H](C)O1. The number of Topliss-reactive ketones (excluding diaryl/α,β-unsaturated/α-hetero) is 1. The normalized spacial score (nSPS) is 26.2. The number of carbonyl (C=O) groups excluding carboxylic acids is 2. The number of amides is 1. The number of nitrogens with one attached hydrogen (secondary N) is 1. The number of ether oxygens (including phenoxy) is 2. The number of aliphatic carboxylic acids is 1. The number of hydrogen-bond donors (Lipinski definition) is 2. The van der Waals surface area contributed by atoms with E-state index in [2.05, 4.69) is 33.9 Å². The Hall–Kier alpha value is -3.03. The quantitative estimate of drug-likeness (QED) is 0.242. The number of hydrogen-bond acceptors (Lipinski definition) is 8. The lowest BCUT2D eigenvalue weighted by Crippen LogP contribution is -2.76. The maximum atomic E-state index is 15.0. The number of fused-ring (bicyclic) bond motifs is 1. The zero-order chi connectivity index (χ0) is 36.7. The fourth-order valence-electron chi connectivity index (χ4n) is 8.72. The lowest BCUT2D eigenvalue weighted by atomic mass is 9.87. The predicted molar refractivity (Wildman–Crippen MR) is 201 cm³/mol. The van der Waals surface area contributed by atoms with Gasteiger partial charge in [-0.25, -0.2) is 0 Å². The Morgan fingerprint density at radius 1 is 0.942 bits per heavy atom. The zero-order valence-electron chi connectivity index (χ0n) is 30.2. The topological polar surface area (TPSA) is 117 Å². The van der Waals surface area contributed by atoms with E-state index in [1.807, 2.05) is 35.9 Å². The minimum atomic E-state index is -1.33. The molecule has 3 atom stereocenters. The van der Waals surface area contributed by atoms with Crippen molar-refractivity contribution in [1.29, 1.82) is 0 Å². The largest absolute Gasteiger partial charge is 0.481 e. The summed E-state index contributed by atoms with van der Waals surface area (Å²) in [6.07, 6.45) is 5.88. The van der Waals surface area contributed by atoms with Gasteiger partial charge in [0.1, 0.15) is 0 Å². The van der Waals surface area contributed by atoms with Crippen molar-refractivity contribution in [2.45, 2.75) is 89.0 Å². The van der Waals surface area contributed by atoms with E-state index in [0.717, 1.165) is 49.9 Å². The summed E-state index contributed by atoms with van der Waals surface area (Å²) in [4.78, 5) is 47.1. The first-order valence-corrected chi connectivity index (χ1v) is 19.4. The second kappa shape index (κ2) is 15.4. The maximum Gasteiger partial charge on any atom is 0.306 e. The number of likely N-dealkylation sites (tertiary alicyclic amines) is 2. The third kappa shape index (κ3) is 7.38. The molecule has 1 amide bonds. The number of carboxylic acid groups (broad SMARTS) is 1. The summed E-state index contributed by atoms with van der Waals surface area (Å²) in [5, 5.41) is 14.0. The van der Waals surface area contributed by atoms with Crippen LogP contribution in [0.2, 0.25) is 10.0 Å². The van der Waals surface area contributed by atoms with Crippen LogP contribution in [0.1, 0.15) is 68.3 Å². The number of carbonyl (C=O) groups is 3. The van der Waals surface area contributed by atoms with Crippen LogP contribution in [0, 0.1) is 5.92 Å². The standard InChI is InChI=1S/C39H49Cl2N5O6/c1-24-19-44(20-25(2)51-24)28-21-46(22-28)39(45-14-6-7-15-45,52-29-12-10-26(11-13-29)38(49)50)36(47)17-27-16-33(41)34(18-32(27)40)42-37(48)31-23-43(3)35-9-5-4-8-30(31)35/h4-5,8-9,16,18,23-26,28-29H,6-7,10-15,17,19-22H2,1-3H3,(H,42,48)(H,49,50)/t24-,25+,26-,29-,39?. The number of halogens is 2. The molecule has 3 aromatic rings. The molecule has 1 aliphatic carbocycles. The van der Waals surface area contributed by atoms with Gasteiger partial charge in [-0.3, -0.25) is 29.1 Å². The van der Waals surface area contributed by atoms with Gasteiger partial charge in [0.15, 0.2) is 5.78 Å². The lowest BCUT2D eigenvalue weighted by Gasteiger charge is -2.58. The van der Waals surface area contributed by atoms with E-state index in [9.17, 15) is 14.7 Å². The molecule has 11 nitrogen and oxygen atoms in total. The van der Waals surface area contributed by atoms with Crippen LogP contribution in [0.3, 0.4) is 0 Å². The van der Waals surface area contributed by atoms with E-state index in [0.29, 0.717) is 60.6 Å². The average molecular weight is 755 g/mol. The minimum Gasteiger partial charge on any atom is -0.481 e. The Morgan fingerprint density at radius 2 is 1.62 bits per heavy atom. The molecule has 7 rings (SSSR count). The van der Waals surface area contributed by atoms with Gasteiger partial charge in [0, 0.05) is 80.9 Å². The van der Waals surface area contributed by atoms with Crippen LogP contribution in [-0.4, -0.2) is 112 Å². The lowest BCUT2D eigenvalue weighted by molar-refractivity contribution is -0.278. The van der Waals surface area contributed by atoms with Gasteiger partial charge in [-0.1, -0.05) is 41.4 Å². The molecule has 2 aromatic carbocycles. The highest BCUT2D eigenvalue weighted by molar-refractivity contribution is 6.36. The molecule has 1 unspecified atom stereocenters. The highest BCUT2D eigenvalue weighted by Gasteiger charge is 2.57. The molecule has 4 heterocycles. The van der Waals surface area contributed by atoms with Crippen molar-refractivity contribution in [1.82, 2.24) is 19.3 Å². The second-order valence-electron chi connectivity index (χ2n) is 15.2. The number of anilines is 1. The van der Waals surface area contributed by atoms with Crippen molar-refractivity contribution < 1.29 is 29.0 Å². The first-order valence-electron chi connectivity index (χ1n) is 18.6. The third-order valence-corrected chi connectivity index (χ3v) is 12.0. The average Bonchev–Trinajstić information content (AvgIpc) is 3.75. The van der Waals surface area contributed by atoms with Gasteiger partial charge >= 0.3 is 5.97 Å². The molecule has 0 bridgehead atoms. The van der Waals surface area contributed by atoms with Gasteiger partial charge in [0.2, 0.25) is 5.85 Å². The van der Waals surface area contributed by atoms with Crippen LogP contribution in [0.4, 0.5) is 5.69 Å². The number of ketones is 1. The van der Waals surface area contributed by atoms with Crippen LogP contribution in [0.5, 0.6) is 0 Å². The van der Waals surface area contributed by atoms with Crippen molar-refractivity contribution in [3.63, 3.8) is 0 Å². The molecule has 280 valence electrons. The first-order chi connectivity index (χ1) is 24.9. The second-order valence-corrected chi connectivity index (χ2v) is 16.0. The first kappa shape index (κ1) is 37.3. The highest BCUT2D eigenvalue weighted by Crippen LogP contribution is 2.40. The number of para-hydroxylation sites is 1. The van der Waals surface area contributed by atoms with Crippen molar-refractivity contribution in [2.75, 3.05) is 44.6 Å². The van der Waals surface area contributed by atoms with Gasteiger partial charge in [0.25, 0.3) is 5.91 Å². The summed E-state index contributed by atoms with van der Waals surface area (Å²) < 4.78 is 15.0. The molecule has 52 heavy (non-hydrogen) atoms. The van der Waals surface area contributed by atoms with E-state index in [1.54, 1.807) is 18.3 Å². The van der Waals surface area contributed by atoms with E-state index >= 15 is 4.79 Å². The van der Waals surface area contributed by atoms with Crippen LogP contribution in [-0.2, 0) is 32.5 Å². The Morgan fingerprint density at radius 3 is 2.29 bits per heavy atom. The minimum absolute atomic E-state index is 0.0239. The number of benzene rings is 2. The zero-order valence-corrected chi connectivity index (χ0v) is 31.7. The Labute approximate surface area is 315 Å². The molecular weight excluding hydrogens is 705 g/mol.